The number of benzene rings is 1. The summed E-state index contributed by atoms with van der Waals surface area (Å²) in [5.74, 6) is -0.432. The number of likely N-dealkylation sites (N-methyl/N-ethyl adjacent to an activating group) is 1. The third kappa shape index (κ3) is 5.91. The van der Waals surface area contributed by atoms with Crippen molar-refractivity contribution in [3.8, 4) is 0 Å². The molecule has 0 aromatic heterocycles. The Morgan fingerprint density at radius 1 is 1.24 bits per heavy atom. The number of nitrogens with one attached hydrogen (secondary N) is 1. The minimum absolute atomic E-state index is 0.0524. The molecule has 5 nitrogen and oxygen atoms in total. The smallest absolute Gasteiger partial charge is 0.413 e. The summed E-state index contributed by atoms with van der Waals surface area (Å²) >= 11 is 12.2. The number of amides is 2. The van der Waals surface area contributed by atoms with E-state index in [0.29, 0.717) is 23.1 Å². The van der Waals surface area contributed by atoms with Crippen LogP contribution in [0.15, 0.2) is 18.2 Å². The van der Waals surface area contributed by atoms with Gasteiger partial charge in [0.2, 0.25) is 5.91 Å². The zero-order valence-electron chi connectivity index (χ0n) is 12.0. The van der Waals surface area contributed by atoms with Crippen LogP contribution in [0.1, 0.15) is 19.4 Å². The highest BCUT2D eigenvalue weighted by Crippen LogP contribution is 2.25. The molecule has 0 aliphatic rings. The Hall–Kier alpha value is -1.30. The fraction of sp³-hybridized carbons (Fsp3) is 0.429. The van der Waals surface area contributed by atoms with Gasteiger partial charge in [-0.2, -0.15) is 0 Å². The molecule has 0 aliphatic carbocycles. The fourth-order valence-electron chi connectivity index (χ4n) is 1.71. The minimum atomic E-state index is -0.741. The van der Waals surface area contributed by atoms with Gasteiger partial charge in [-0.3, -0.25) is 15.0 Å². The van der Waals surface area contributed by atoms with Gasteiger partial charge in [0, 0.05) is 22.2 Å². The molecule has 1 rings (SSSR count). The maximum atomic E-state index is 11.7. The number of imide groups is 1. The number of nitrogens with zero attached hydrogens (tertiary/aromatic N) is 1. The lowest BCUT2D eigenvalue weighted by Gasteiger charge is -2.20. The van der Waals surface area contributed by atoms with E-state index in [1.165, 1.54) is 0 Å². The Labute approximate surface area is 134 Å². The molecule has 0 fully saturated rings. The van der Waals surface area contributed by atoms with Crippen LogP contribution in [0.5, 0.6) is 0 Å². The lowest BCUT2D eigenvalue weighted by molar-refractivity contribution is -0.121. The van der Waals surface area contributed by atoms with Gasteiger partial charge in [0.05, 0.1) is 13.2 Å². The molecule has 1 aromatic carbocycles. The Bertz CT molecular complexity index is 489. The molecule has 0 unspecified atom stereocenters. The molecule has 0 radical (unpaired) electrons. The topological polar surface area (TPSA) is 58.6 Å². The second kappa shape index (κ2) is 8.87. The largest absolute Gasteiger partial charge is 0.450 e. The molecular formula is C14H18Cl2N2O3. The zero-order chi connectivity index (χ0) is 15.8. The summed E-state index contributed by atoms with van der Waals surface area (Å²) in [4.78, 5) is 24.7. The number of hydrogen-bond donors (Lipinski definition) is 1. The number of rotatable bonds is 6. The third-order valence-corrected chi connectivity index (χ3v) is 3.48. The zero-order valence-corrected chi connectivity index (χ0v) is 13.5. The molecule has 0 aliphatic heterocycles. The van der Waals surface area contributed by atoms with Crippen molar-refractivity contribution >= 4 is 35.2 Å². The second-order valence-electron chi connectivity index (χ2n) is 4.27. The second-order valence-corrected chi connectivity index (χ2v) is 5.09. The van der Waals surface area contributed by atoms with E-state index >= 15 is 0 Å². The molecular weight excluding hydrogens is 315 g/mol. The summed E-state index contributed by atoms with van der Waals surface area (Å²) < 4.78 is 4.65. The van der Waals surface area contributed by atoms with Crippen molar-refractivity contribution in [2.45, 2.75) is 20.4 Å². The van der Waals surface area contributed by atoms with Gasteiger partial charge < -0.3 is 4.74 Å². The standard InChI is InChI=1S/C14H18Cl2N2O3/c1-3-18(9-13(19)17-14(20)21-4-2)8-10-11(15)6-5-7-12(10)16/h5-7H,3-4,8-9H2,1-2H3,(H,17,19,20). The highest BCUT2D eigenvalue weighted by Gasteiger charge is 2.15. The average Bonchev–Trinajstić information content (AvgIpc) is 2.41. The lowest BCUT2D eigenvalue weighted by atomic mass is 10.2. The van der Waals surface area contributed by atoms with Crippen molar-refractivity contribution in [2.75, 3.05) is 19.7 Å². The molecule has 21 heavy (non-hydrogen) atoms. The van der Waals surface area contributed by atoms with E-state index in [4.69, 9.17) is 23.2 Å². The predicted octanol–water partition coefficient (Wildman–Crippen LogP) is 3.09. The molecule has 0 saturated carbocycles. The molecule has 7 heteroatoms. The SMILES string of the molecule is CCOC(=O)NC(=O)CN(CC)Cc1c(Cl)cccc1Cl. The first-order valence-electron chi connectivity index (χ1n) is 6.59. The Kier molecular flexibility index (Phi) is 7.50. The highest BCUT2D eigenvalue weighted by atomic mass is 35.5. The number of alkyl carbamates (subject to hydrolysis) is 1. The van der Waals surface area contributed by atoms with Gasteiger partial charge in [-0.25, -0.2) is 4.79 Å². The number of ether oxygens (including phenoxy) is 1. The molecule has 0 atom stereocenters. The van der Waals surface area contributed by atoms with E-state index in [1.807, 2.05) is 11.8 Å². The van der Waals surface area contributed by atoms with Gasteiger partial charge in [-0.15, -0.1) is 0 Å². The number of hydrogen-bond acceptors (Lipinski definition) is 4. The van der Waals surface area contributed by atoms with E-state index in [2.05, 4.69) is 10.1 Å². The van der Waals surface area contributed by atoms with Gasteiger partial charge in [0.25, 0.3) is 0 Å². The summed E-state index contributed by atoms with van der Waals surface area (Å²) in [5.41, 5.74) is 0.756. The number of halogens is 2. The Morgan fingerprint density at radius 3 is 2.38 bits per heavy atom. The normalized spacial score (nSPS) is 10.5. The molecule has 0 heterocycles. The van der Waals surface area contributed by atoms with Crippen LogP contribution in [0.3, 0.4) is 0 Å². The van der Waals surface area contributed by atoms with Crippen molar-refractivity contribution < 1.29 is 14.3 Å². The van der Waals surface area contributed by atoms with E-state index in [9.17, 15) is 9.59 Å². The number of carbonyl (C=O) groups excluding carboxylic acids is 2. The monoisotopic (exact) mass is 332 g/mol. The van der Waals surface area contributed by atoms with Crippen LogP contribution >= 0.6 is 23.2 Å². The maximum Gasteiger partial charge on any atom is 0.413 e. The van der Waals surface area contributed by atoms with Crippen molar-refractivity contribution in [1.82, 2.24) is 10.2 Å². The summed E-state index contributed by atoms with van der Waals surface area (Å²) in [6.07, 6.45) is -0.741. The van der Waals surface area contributed by atoms with Gasteiger partial charge in [-0.05, 0) is 25.6 Å². The summed E-state index contributed by atoms with van der Waals surface area (Å²) in [6.45, 7) is 4.87. The minimum Gasteiger partial charge on any atom is -0.450 e. The van der Waals surface area contributed by atoms with Crippen LogP contribution in [0.4, 0.5) is 4.79 Å². The fourth-order valence-corrected chi connectivity index (χ4v) is 2.23. The average molecular weight is 333 g/mol. The third-order valence-electron chi connectivity index (χ3n) is 2.77. The predicted molar refractivity (Wildman–Crippen MR) is 82.6 cm³/mol. The summed E-state index contributed by atoms with van der Waals surface area (Å²) in [5, 5.41) is 3.25. The molecule has 1 N–H and O–H groups in total. The summed E-state index contributed by atoms with van der Waals surface area (Å²) in [7, 11) is 0. The first kappa shape index (κ1) is 17.8. The van der Waals surface area contributed by atoms with Gasteiger partial charge >= 0.3 is 6.09 Å². The first-order valence-corrected chi connectivity index (χ1v) is 7.35. The van der Waals surface area contributed by atoms with Crippen molar-refractivity contribution in [2.24, 2.45) is 0 Å². The molecule has 2 amide bonds. The van der Waals surface area contributed by atoms with Crippen LogP contribution < -0.4 is 5.32 Å². The molecule has 116 valence electrons. The maximum absolute atomic E-state index is 11.7. The highest BCUT2D eigenvalue weighted by molar-refractivity contribution is 6.35. The summed E-state index contributed by atoms with van der Waals surface area (Å²) in [6, 6.07) is 5.25. The molecule has 1 aromatic rings. The first-order chi connectivity index (χ1) is 9.97. The van der Waals surface area contributed by atoms with E-state index in [-0.39, 0.29) is 13.2 Å². The number of carbonyl (C=O) groups is 2. The van der Waals surface area contributed by atoms with Crippen LogP contribution in [-0.4, -0.2) is 36.6 Å². The molecule has 0 bridgehead atoms. The quantitative estimate of drug-likeness (QED) is 0.869. The van der Waals surface area contributed by atoms with Crippen LogP contribution in [0.2, 0.25) is 10.0 Å². The van der Waals surface area contributed by atoms with E-state index in [0.717, 1.165) is 5.56 Å². The molecule has 0 saturated heterocycles. The van der Waals surface area contributed by atoms with E-state index in [1.54, 1.807) is 25.1 Å². The van der Waals surface area contributed by atoms with Gasteiger partial charge in [0.15, 0.2) is 0 Å². The van der Waals surface area contributed by atoms with E-state index < -0.39 is 12.0 Å². The van der Waals surface area contributed by atoms with Crippen molar-refractivity contribution in [3.05, 3.63) is 33.8 Å². The van der Waals surface area contributed by atoms with Crippen molar-refractivity contribution in [1.29, 1.82) is 0 Å². The Morgan fingerprint density at radius 2 is 1.86 bits per heavy atom. The lowest BCUT2D eigenvalue weighted by Crippen LogP contribution is -2.40. The van der Waals surface area contributed by atoms with Crippen LogP contribution in [0.25, 0.3) is 0 Å². The van der Waals surface area contributed by atoms with Gasteiger partial charge in [-0.1, -0.05) is 36.2 Å². The molecule has 0 spiro atoms. The van der Waals surface area contributed by atoms with Crippen molar-refractivity contribution in [3.63, 3.8) is 0 Å². The van der Waals surface area contributed by atoms with Crippen LogP contribution in [0, 0.1) is 0 Å². The Balaban J connectivity index is 2.63. The van der Waals surface area contributed by atoms with Crippen LogP contribution in [-0.2, 0) is 16.1 Å². The van der Waals surface area contributed by atoms with Gasteiger partial charge in [0.1, 0.15) is 0 Å².